The van der Waals surface area contributed by atoms with Crippen molar-refractivity contribution < 1.29 is 18.0 Å². The lowest BCUT2D eigenvalue weighted by Gasteiger charge is -2.26. The van der Waals surface area contributed by atoms with Crippen LogP contribution < -0.4 is 10.6 Å². The fraction of sp³-hybridized carbons (Fsp3) is 0.250. The first-order chi connectivity index (χ1) is 16.9. The van der Waals surface area contributed by atoms with Crippen LogP contribution in [0.25, 0.3) is 11.3 Å². The normalized spacial score (nSPS) is 17.6. The van der Waals surface area contributed by atoms with Gasteiger partial charge in [-0.3, -0.25) is 9.69 Å². The summed E-state index contributed by atoms with van der Waals surface area (Å²) in [4.78, 5) is 15.4. The molecule has 0 spiro atoms. The molecule has 0 bridgehead atoms. The fourth-order valence-corrected chi connectivity index (χ4v) is 4.69. The molecule has 0 saturated carbocycles. The molecule has 0 radical (unpaired) electrons. The Bertz CT molecular complexity index is 1240. The number of hydrogen-bond donors (Lipinski definition) is 2. The highest BCUT2D eigenvalue weighted by Gasteiger charge is 2.34. The van der Waals surface area contributed by atoms with Crippen molar-refractivity contribution in [3.63, 3.8) is 0 Å². The summed E-state index contributed by atoms with van der Waals surface area (Å²) >= 11 is 0. The first-order valence-electron chi connectivity index (χ1n) is 11.8. The van der Waals surface area contributed by atoms with Crippen LogP contribution in [-0.4, -0.2) is 23.9 Å². The van der Waals surface area contributed by atoms with Gasteiger partial charge in [-0.05, 0) is 61.3 Å². The third kappa shape index (κ3) is 5.10. The summed E-state index contributed by atoms with van der Waals surface area (Å²) in [6, 6.07) is 20.8. The maximum Gasteiger partial charge on any atom is 0.416 e. The second kappa shape index (κ2) is 9.58. The van der Waals surface area contributed by atoms with Crippen molar-refractivity contribution in [2.75, 3.05) is 23.7 Å². The maximum atomic E-state index is 13.2. The molecule has 0 atom stereocenters. The quantitative estimate of drug-likeness (QED) is 0.406. The molecule has 0 aliphatic carbocycles. The number of amides is 1. The summed E-state index contributed by atoms with van der Waals surface area (Å²) < 4.78 is 39.6. The van der Waals surface area contributed by atoms with Crippen molar-refractivity contribution in [3.05, 3.63) is 95.1 Å². The van der Waals surface area contributed by atoms with Crippen molar-refractivity contribution in [2.24, 2.45) is 0 Å². The summed E-state index contributed by atoms with van der Waals surface area (Å²) in [7, 11) is 0. The minimum absolute atomic E-state index is 0.159. The number of hydrogen-bond acceptors (Lipinski definition) is 3. The van der Waals surface area contributed by atoms with Gasteiger partial charge in [0, 0.05) is 23.5 Å². The van der Waals surface area contributed by atoms with Gasteiger partial charge in [0.25, 0.3) is 5.91 Å². The molecule has 0 aromatic heterocycles. The molecule has 180 valence electrons. The van der Waals surface area contributed by atoms with Crippen LogP contribution in [0.5, 0.6) is 0 Å². The first-order valence-corrected chi connectivity index (χ1v) is 11.8. The van der Waals surface area contributed by atoms with Gasteiger partial charge >= 0.3 is 6.18 Å². The summed E-state index contributed by atoms with van der Waals surface area (Å²) in [6.45, 7) is 3.15. The highest BCUT2D eigenvalue weighted by Crippen LogP contribution is 2.40. The van der Waals surface area contributed by atoms with E-state index in [1.165, 1.54) is 30.9 Å². The van der Waals surface area contributed by atoms with Gasteiger partial charge in [0.15, 0.2) is 0 Å². The van der Waals surface area contributed by atoms with E-state index in [0.29, 0.717) is 16.8 Å². The molecule has 3 aromatic rings. The van der Waals surface area contributed by atoms with Crippen LogP contribution in [0.15, 0.2) is 72.8 Å². The average molecular weight is 478 g/mol. The third-order valence-corrected chi connectivity index (χ3v) is 6.48. The summed E-state index contributed by atoms with van der Waals surface area (Å²) in [5, 5.41) is 5.98. The predicted octanol–water partition coefficient (Wildman–Crippen LogP) is 6.62. The van der Waals surface area contributed by atoms with Crippen LogP contribution in [-0.2, 0) is 17.5 Å². The van der Waals surface area contributed by atoms with E-state index >= 15 is 0 Å². The lowest BCUT2D eigenvalue weighted by Crippen LogP contribution is -2.29. The maximum absolute atomic E-state index is 13.2. The van der Waals surface area contributed by atoms with Crippen LogP contribution >= 0.6 is 0 Å². The van der Waals surface area contributed by atoms with Crippen molar-refractivity contribution in [1.82, 2.24) is 4.90 Å². The number of carbonyl (C=O) groups is 1. The van der Waals surface area contributed by atoms with Gasteiger partial charge in [-0.15, -0.1) is 0 Å². The summed E-state index contributed by atoms with van der Waals surface area (Å²) in [5.74, 6) is -0.438. The monoisotopic (exact) mass is 477 g/mol. The molecule has 7 heteroatoms. The van der Waals surface area contributed by atoms with Gasteiger partial charge in [0.05, 0.1) is 16.8 Å². The number of piperidine rings is 1. The standard InChI is InChI=1S/C28H26F3N3O/c29-28(30,31)21-11-14-23-24(17-21)33-27(35)25(23)26(20-7-3-1-4-8-20)32-22-12-9-19(10-13-22)18-34-15-5-2-6-16-34/h1,3-4,7-14,17,32H,2,5-6,15-16,18H2,(H,33,35). The summed E-state index contributed by atoms with van der Waals surface area (Å²) in [5.41, 5.74) is 3.45. The van der Waals surface area contributed by atoms with E-state index in [1.807, 2.05) is 42.5 Å². The molecule has 2 aliphatic heterocycles. The van der Waals surface area contributed by atoms with Gasteiger partial charge in [0.2, 0.25) is 0 Å². The minimum atomic E-state index is -4.48. The molecule has 35 heavy (non-hydrogen) atoms. The zero-order valence-electron chi connectivity index (χ0n) is 19.2. The lowest BCUT2D eigenvalue weighted by molar-refractivity contribution is -0.137. The smallest absolute Gasteiger partial charge is 0.354 e. The lowest BCUT2D eigenvalue weighted by atomic mass is 9.99. The van der Waals surface area contributed by atoms with Crippen LogP contribution in [0.3, 0.4) is 0 Å². The van der Waals surface area contributed by atoms with Gasteiger partial charge < -0.3 is 10.6 Å². The highest BCUT2D eigenvalue weighted by molar-refractivity contribution is 6.37. The third-order valence-electron chi connectivity index (χ3n) is 6.48. The van der Waals surface area contributed by atoms with Gasteiger partial charge in [-0.1, -0.05) is 55.0 Å². The van der Waals surface area contributed by atoms with E-state index in [9.17, 15) is 18.0 Å². The van der Waals surface area contributed by atoms with Crippen LogP contribution in [0.1, 0.15) is 41.5 Å². The number of likely N-dealkylation sites (tertiary alicyclic amines) is 1. The van der Waals surface area contributed by atoms with Gasteiger partial charge in [-0.2, -0.15) is 13.2 Å². The van der Waals surface area contributed by atoms with Crippen molar-refractivity contribution in [3.8, 4) is 0 Å². The van der Waals surface area contributed by atoms with Crippen molar-refractivity contribution in [1.29, 1.82) is 0 Å². The number of carbonyl (C=O) groups excluding carboxylic acids is 1. The van der Waals surface area contributed by atoms with E-state index in [4.69, 9.17) is 0 Å². The number of halogens is 3. The molecule has 1 amide bonds. The molecule has 0 unspecified atom stereocenters. The molecule has 1 fully saturated rings. The number of nitrogens with zero attached hydrogens (tertiary/aromatic N) is 1. The number of benzene rings is 3. The van der Waals surface area contributed by atoms with E-state index < -0.39 is 17.6 Å². The molecule has 2 N–H and O–H groups in total. The molecule has 2 aliphatic rings. The number of nitrogens with one attached hydrogen (secondary N) is 2. The first kappa shape index (κ1) is 23.2. The topological polar surface area (TPSA) is 44.4 Å². The highest BCUT2D eigenvalue weighted by atomic mass is 19.4. The molecule has 4 nitrogen and oxygen atoms in total. The zero-order chi connectivity index (χ0) is 24.4. The predicted molar refractivity (Wildman–Crippen MR) is 133 cm³/mol. The zero-order valence-corrected chi connectivity index (χ0v) is 19.2. The Kier molecular flexibility index (Phi) is 6.34. The van der Waals surface area contributed by atoms with Crippen LogP contribution in [0.4, 0.5) is 24.5 Å². The van der Waals surface area contributed by atoms with Crippen LogP contribution in [0.2, 0.25) is 0 Å². The number of alkyl halides is 3. The second-order valence-electron chi connectivity index (χ2n) is 8.99. The van der Waals surface area contributed by atoms with E-state index in [-0.39, 0.29) is 5.69 Å². The Balaban J connectivity index is 1.48. The van der Waals surface area contributed by atoms with Crippen LogP contribution in [0, 0.1) is 0 Å². The second-order valence-corrected chi connectivity index (χ2v) is 8.99. The Morgan fingerprint density at radius 2 is 1.63 bits per heavy atom. The van der Waals surface area contributed by atoms with Gasteiger partial charge in [-0.25, -0.2) is 0 Å². The molecular weight excluding hydrogens is 451 g/mol. The average Bonchev–Trinajstić information content (AvgIpc) is 3.19. The van der Waals surface area contributed by atoms with E-state index in [0.717, 1.165) is 43.0 Å². The van der Waals surface area contributed by atoms with Crippen molar-refractivity contribution >= 4 is 28.6 Å². The van der Waals surface area contributed by atoms with E-state index in [2.05, 4.69) is 27.7 Å². The molecular formula is C28H26F3N3O. The Labute approximate surface area is 202 Å². The van der Waals surface area contributed by atoms with E-state index in [1.54, 1.807) is 0 Å². The molecule has 3 aromatic carbocycles. The SMILES string of the molecule is O=C1Nc2cc(C(F)(F)F)ccc2C1=C(Nc1ccc(CN2CCCCC2)cc1)c1ccccc1. The fourth-order valence-electron chi connectivity index (χ4n) is 4.69. The number of anilines is 2. The Hall–Kier alpha value is -3.58. The Morgan fingerprint density at radius 1 is 0.914 bits per heavy atom. The number of fused-ring (bicyclic) bond motifs is 1. The van der Waals surface area contributed by atoms with Crippen molar-refractivity contribution in [2.45, 2.75) is 32.0 Å². The minimum Gasteiger partial charge on any atom is -0.354 e. The molecule has 2 heterocycles. The Morgan fingerprint density at radius 3 is 2.31 bits per heavy atom. The largest absolute Gasteiger partial charge is 0.416 e. The summed E-state index contributed by atoms with van der Waals surface area (Å²) in [6.07, 6.45) is -0.712. The molecule has 1 saturated heterocycles. The number of rotatable bonds is 5. The van der Waals surface area contributed by atoms with Gasteiger partial charge in [0.1, 0.15) is 0 Å². The molecule has 5 rings (SSSR count).